The van der Waals surface area contributed by atoms with Gasteiger partial charge in [-0.3, -0.25) is 13.9 Å². The minimum absolute atomic E-state index is 0.0226. The molecule has 0 aromatic heterocycles. The Morgan fingerprint density at radius 1 is 1.00 bits per heavy atom. The molecule has 2 aromatic carbocycles. The van der Waals surface area contributed by atoms with Crippen molar-refractivity contribution >= 4 is 62.3 Å². The molecule has 11 heteroatoms. The summed E-state index contributed by atoms with van der Waals surface area (Å²) < 4.78 is 26.0. The van der Waals surface area contributed by atoms with Crippen molar-refractivity contribution in [3.05, 3.63) is 63.1 Å². The molecular weight excluding hydrogens is 521 g/mol. The zero-order valence-electron chi connectivity index (χ0n) is 19.4. The molecule has 2 amide bonds. The molecule has 1 N–H and O–H groups in total. The quantitative estimate of drug-likeness (QED) is 0.470. The Hall–Kier alpha value is -2.00. The van der Waals surface area contributed by atoms with E-state index in [0.29, 0.717) is 22.2 Å². The monoisotopic (exact) mass is 547 g/mol. The fraction of sp³-hybridized carbons (Fsp3) is 0.391. The second-order valence-corrected chi connectivity index (χ2v) is 11.5. The van der Waals surface area contributed by atoms with Gasteiger partial charge in [-0.2, -0.15) is 0 Å². The van der Waals surface area contributed by atoms with Gasteiger partial charge in [0.15, 0.2) is 0 Å². The Morgan fingerprint density at radius 2 is 1.65 bits per heavy atom. The summed E-state index contributed by atoms with van der Waals surface area (Å²) in [5.74, 6) is -0.744. The predicted octanol–water partition coefficient (Wildman–Crippen LogP) is 4.60. The zero-order chi connectivity index (χ0) is 25.6. The summed E-state index contributed by atoms with van der Waals surface area (Å²) in [6.07, 6.45) is 0.989. The third kappa shape index (κ3) is 7.77. The van der Waals surface area contributed by atoms with Gasteiger partial charge in [0.2, 0.25) is 21.8 Å². The van der Waals surface area contributed by atoms with Crippen LogP contribution in [-0.4, -0.2) is 50.5 Å². The predicted molar refractivity (Wildman–Crippen MR) is 138 cm³/mol. The number of para-hydroxylation sites is 1. The Kier molecular flexibility index (Phi) is 10.1. The highest BCUT2D eigenvalue weighted by Gasteiger charge is 2.31. The van der Waals surface area contributed by atoms with Crippen molar-refractivity contribution in [2.75, 3.05) is 23.7 Å². The van der Waals surface area contributed by atoms with E-state index < -0.39 is 28.5 Å². The van der Waals surface area contributed by atoms with Crippen LogP contribution in [0.15, 0.2) is 42.5 Å². The molecule has 0 fully saturated rings. The van der Waals surface area contributed by atoms with E-state index in [0.717, 1.165) is 10.6 Å². The van der Waals surface area contributed by atoms with Crippen molar-refractivity contribution in [1.29, 1.82) is 0 Å². The van der Waals surface area contributed by atoms with Gasteiger partial charge in [-0.25, -0.2) is 8.42 Å². The first-order chi connectivity index (χ1) is 15.8. The Labute approximate surface area is 216 Å². The third-order valence-electron chi connectivity index (χ3n) is 5.01. The molecule has 0 radical (unpaired) electrons. The maximum Gasteiger partial charge on any atom is 0.244 e. The van der Waals surface area contributed by atoms with E-state index in [1.807, 2.05) is 13.8 Å². The van der Waals surface area contributed by atoms with Gasteiger partial charge in [0.05, 0.1) is 17.0 Å². The molecule has 2 rings (SSSR count). The average molecular weight is 549 g/mol. The molecule has 34 heavy (non-hydrogen) atoms. The van der Waals surface area contributed by atoms with E-state index in [9.17, 15) is 18.0 Å². The largest absolute Gasteiger partial charge is 0.354 e. The number of carbonyl (C=O) groups excluding carboxylic acids is 2. The van der Waals surface area contributed by atoms with Gasteiger partial charge in [0.1, 0.15) is 12.6 Å². The topological polar surface area (TPSA) is 86.8 Å². The molecule has 0 spiro atoms. The minimum Gasteiger partial charge on any atom is -0.354 e. The van der Waals surface area contributed by atoms with Crippen molar-refractivity contribution in [2.45, 2.75) is 33.4 Å². The SMILES string of the molecule is CC(C)CNC(=O)[C@H](C)N(Cc1ccc(Cl)cc1Cl)C(=O)CN(c1ccccc1Cl)S(C)(=O)=O. The molecule has 0 aliphatic rings. The zero-order valence-corrected chi connectivity index (χ0v) is 22.5. The minimum atomic E-state index is -3.87. The first-order valence-corrected chi connectivity index (χ1v) is 13.5. The highest BCUT2D eigenvalue weighted by molar-refractivity contribution is 7.92. The van der Waals surface area contributed by atoms with Crippen molar-refractivity contribution < 1.29 is 18.0 Å². The summed E-state index contributed by atoms with van der Waals surface area (Å²) in [5, 5.41) is 3.74. The molecule has 0 aliphatic carbocycles. The van der Waals surface area contributed by atoms with Crippen molar-refractivity contribution in [3.63, 3.8) is 0 Å². The van der Waals surface area contributed by atoms with Crippen LogP contribution in [0.4, 0.5) is 5.69 Å². The van der Waals surface area contributed by atoms with Gasteiger partial charge in [-0.1, -0.05) is 66.8 Å². The number of hydrogen-bond donors (Lipinski definition) is 1. The number of anilines is 1. The summed E-state index contributed by atoms with van der Waals surface area (Å²) in [6, 6.07) is 10.2. The molecule has 186 valence electrons. The highest BCUT2D eigenvalue weighted by atomic mass is 35.5. The van der Waals surface area contributed by atoms with E-state index in [1.165, 1.54) is 23.1 Å². The number of amides is 2. The van der Waals surface area contributed by atoms with Gasteiger partial charge in [0, 0.05) is 23.1 Å². The maximum absolute atomic E-state index is 13.5. The molecule has 0 saturated heterocycles. The second kappa shape index (κ2) is 12.1. The van der Waals surface area contributed by atoms with Crippen LogP contribution in [0.2, 0.25) is 15.1 Å². The lowest BCUT2D eigenvalue weighted by atomic mass is 10.1. The summed E-state index contributed by atoms with van der Waals surface area (Å²) in [7, 11) is -3.87. The van der Waals surface area contributed by atoms with Crippen LogP contribution in [0, 0.1) is 5.92 Å². The molecule has 0 saturated carbocycles. The van der Waals surface area contributed by atoms with Gasteiger partial charge < -0.3 is 10.2 Å². The Morgan fingerprint density at radius 3 is 2.21 bits per heavy atom. The summed E-state index contributed by atoms with van der Waals surface area (Å²) in [6.45, 7) is 5.35. The number of carbonyl (C=O) groups is 2. The fourth-order valence-corrected chi connectivity index (χ4v) is 4.73. The number of sulfonamides is 1. The van der Waals surface area contributed by atoms with E-state index in [4.69, 9.17) is 34.8 Å². The van der Waals surface area contributed by atoms with Crippen LogP contribution >= 0.6 is 34.8 Å². The lowest BCUT2D eigenvalue weighted by molar-refractivity contribution is -0.139. The second-order valence-electron chi connectivity index (χ2n) is 8.29. The maximum atomic E-state index is 13.5. The van der Waals surface area contributed by atoms with Crippen LogP contribution in [0.3, 0.4) is 0 Å². The number of halogens is 3. The summed E-state index contributed by atoms with van der Waals surface area (Å²) >= 11 is 18.5. The molecule has 0 heterocycles. The number of benzene rings is 2. The van der Waals surface area contributed by atoms with Crippen molar-refractivity contribution in [1.82, 2.24) is 10.2 Å². The molecule has 7 nitrogen and oxygen atoms in total. The van der Waals surface area contributed by atoms with E-state index in [-0.39, 0.29) is 29.1 Å². The van der Waals surface area contributed by atoms with E-state index in [2.05, 4.69) is 5.32 Å². The smallest absolute Gasteiger partial charge is 0.244 e. The first kappa shape index (κ1) is 28.2. The van der Waals surface area contributed by atoms with Crippen molar-refractivity contribution in [3.8, 4) is 0 Å². The summed E-state index contributed by atoms with van der Waals surface area (Å²) in [5.41, 5.74) is 0.730. The third-order valence-corrected chi connectivity index (χ3v) is 7.04. The van der Waals surface area contributed by atoms with Crippen LogP contribution < -0.4 is 9.62 Å². The van der Waals surface area contributed by atoms with Gasteiger partial charge in [-0.05, 0) is 42.7 Å². The number of nitrogens with zero attached hydrogens (tertiary/aromatic N) is 2. The normalized spacial score (nSPS) is 12.4. The van der Waals surface area contributed by atoms with Crippen LogP contribution in [0.1, 0.15) is 26.3 Å². The standard InChI is InChI=1S/C23H28Cl3N3O4S/c1-15(2)12-27-23(31)16(3)28(13-17-9-10-18(24)11-20(17)26)22(30)14-29(34(4,32)33)21-8-6-5-7-19(21)25/h5-11,15-16H,12-14H2,1-4H3,(H,27,31)/t16-/m0/s1. The van der Waals surface area contributed by atoms with Gasteiger partial charge in [0.25, 0.3) is 0 Å². The lowest BCUT2D eigenvalue weighted by Gasteiger charge is -2.32. The number of hydrogen-bond acceptors (Lipinski definition) is 4. The van der Waals surface area contributed by atoms with Gasteiger partial charge >= 0.3 is 0 Å². The Bertz CT molecular complexity index is 1140. The molecule has 0 aliphatic heterocycles. The van der Waals surface area contributed by atoms with Crippen molar-refractivity contribution in [2.24, 2.45) is 5.92 Å². The van der Waals surface area contributed by atoms with Crippen LogP contribution in [0.25, 0.3) is 0 Å². The average Bonchev–Trinajstić information content (AvgIpc) is 2.74. The highest BCUT2D eigenvalue weighted by Crippen LogP contribution is 2.28. The Balaban J connectivity index is 2.41. The van der Waals surface area contributed by atoms with Crippen LogP contribution in [-0.2, 0) is 26.2 Å². The van der Waals surface area contributed by atoms with E-state index >= 15 is 0 Å². The first-order valence-electron chi connectivity index (χ1n) is 10.5. The summed E-state index contributed by atoms with van der Waals surface area (Å²) in [4.78, 5) is 27.6. The van der Waals surface area contributed by atoms with Crippen LogP contribution in [0.5, 0.6) is 0 Å². The molecular formula is C23H28Cl3N3O4S. The molecule has 0 unspecified atom stereocenters. The molecule has 2 aromatic rings. The number of nitrogens with one attached hydrogen (secondary N) is 1. The molecule has 1 atom stereocenters. The lowest BCUT2D eigenvalue weighted by Crippen LogP contribution is -2.51. The van der Waals surface area contributed by atoms with Gasteiger partial charge in [-0.15, -0.1) is 0 Å². The van der Waals surface area contributed by atoms with E-state index in [1.54, 1.807) is 31.2 Å². The number of rotatable bonds is 10. The fourth-order valence-electron chi connectivity index (χ4n) is 3.12. The molecule has 0 bridgehead atoms.